The summed E-state index contributed by atoms with van der Waals surface area (Å²) in [5.74, 6) is -0.144. The zero-order valence-corrected chi connectivity index (χ0v) is 11.2. The van der Waals surface area contributed by atoms with Gasteiger partial charge in [0.05, 0.1) is 21.7 Å². The molecule has 0 spiro atoms. The third-order valence-corrected chi connectivity index (χ3v) is 3.06. The Kier molecular flexibility index (Phi) is 4.26. The van der Waals surface area contributed by atoms with Gasteiger partial charge in [0.15, 0.2) is 5.75 Å². The van der Waals surface area contributed by atoms with Crippen molar-refractivity contribution in [1.82, 2.24) is 0 Å². The Morgan fingerprint density at radius 3 is 2.47 bits per heavy atom. The van der Waals surface area contributed by atoms with E-state index in [0.29, 0.717) is 21.4 Å². The molecule has 0 unspecified atom stereocenters. The predicted octanol–water partition coefficient (Wildman–Crippen LogP) is 4.58. The lowest BCUT2D eigenvalue weighted by Gasteiger charge is -2.10. The van der Waals surface area contributed by atoms with Gasteiger partial charge in [0, 0.05) is 5.56 Å². The molecule has 0 heterocycles. The van der Waals surface area contributed by atoms with Gasteiger partial charge in [0.25, 0.3) is 0 Å². The number of nitriles is 1. The minimum atomic E-state index is -0.442. The highest BCUT2D eigenvalue weighted by Crippen LogP contribution is 2.33. The fourth-order valence-electron chi connectivity index (χ4n) is 1.53. The van der Waals surface area contributed by atoms with Crippen LogP contribution in [0.25, 0.3) is 0 Å². The van der Waals surface area contributed by atoms with Crippen LogP contribution in [0.4, 0.5) is 4.39 Å². The largest absolute Gasteiger partial charge is 0.486 e. The molecule has 0 saturated heterocycles. The van der Waals surface area contributed by atoms with Gasteiger partial charge in [0.1, 0.15) is 12.4 Å². The van der Waals surface area contributed by atoms with Gasteiger partial charge in [-0.25, -0.2) is 4.39 Å². The number of nitrogens with zero attached hydrogens (tertiary/aromatic N) is 1. The van der Waals surface area contributed by atoms with Crippen LogP contribution in [-0.2, 0) is 6.61 Å². The van der Waals surface area contributed by atoms with E-state index in [9.17, 15) is 4.39 Å². The summed E-state index contributed by atoms with van der Waals surface area (Å²) in [5.41, 5.74) is 0.639. The quantitative estimate of drug-likeness (QED) is 0.830. The highest BCUT2D eigenvalue weighted by molar-refractivity contribution is 6.37. The first kappa shape index (κ1) is 13.7. The van der Waals surface area contributed by atoms with Crippen LogP contribution in [0.3, 0.4) is 0 Å². The SMILES string of the molecule is N#Cc1ccc(F)c(COc2c(Cl)cccc2Cl)c1. The van der Waals surface area contributed by atoms with Crippen molar-refractivity contribution in [2.45, 2.75) is 6.61 Å². The van der Waals surface area contributed by atoms with Gasteiger partial charge in [-0.2, -0.15) is 5.26 Å². The number of benzene rings is 2. The lowest BCUT2D eigenvalue weighted by molar-refractivity contribution is 0.300. The summed E-state index contributed by atoms with van der Waals surface area (Å²) >= 11 is 11.9. The normalized spacial score (nSPS) is 10.0. The third-order valence-electron chi connectivity index (χ3n) is 2.47. The minimum absolute atomic E-state index is 0.0508. The minimum Gasteiger partial charge on any atom is -0.486 e. The summed E-state index contributed by atoms with van der Waals surface area (Å²) in [7, 11) is 0. The number of ether oxygens (including phenoxy) is 1. The maximum absolute atomic E-state index is 13.6. The maximum atomic E-state index is 13.6. The number of halogens is 3. The number of rotatable bonds is 3. The molecule has 96 valence electrons. The van der Waals surface area contributed by atoms with E-state index in [2.05, 4.69) is 0 Å². The highest BCUT2D eigenvalue weighted by atomic mass is 35.5. The Bertz CT molecular complexity index is 632. The number of hydrogen-bond donors (Lipinski definition) is 0. The van der Waals surface area contributed by atoms with Crippen molar-refractivity contribution in [2.75, 3.05) is 0 Å². The molecule has 0 aromatic heterocycles. The van der Waals surface area contributed by atoms with Crippen LogP contribution >= 0.6 is 23.2 Å². The van der Waals surface area contributed by atoms with Crippen molar-refractivity contribution in [3.05, 3.63) is 63.4 Å². The van der Waals surface area contributed by atoms with Crippen molar-refractivity contribution in [3.8, 4) is 11.8 Å². The first-order valence-electron chi connectivity index (χ1n) is 5.37. The summed E-state index contributed by atoms with van der Waals surface area (Å²) < 4.78 is 19.0. The smallest absolute Gasteiger partial charge is 0.156 e. The van der Waals surface area contributed by atoms with Gasteiger partial charge in [0.2, 0.25) is 0 Å². The van der Waals surface area contributed by atoms with Crippen molar-refractivity contribution < 1.29 is 9.13 Å². The van der Waals surface area contributed by atoms with Gasteiger partial charge in [-0.15, -0.1) is 0 Å². The van der Waals surface area contributed by atoms with Crippen LogP contribution in [0.1, 0.15) is 11.1 Å². The molecular formula is C14H8Cl2FNO. The zero-order valence-electron chi connectivity index (χ0n) is 9.66. The molecule has 2 aromatic carbocycles. The Hall–Kier alpha value is -1.76. The molecule has 0 amide bonds. The summed E-state index contributed by atoms with van der Waals surface area (Å²) in [6.07, 6.45) is 0. The van der Waals surface area contributed by atoms with Gasteiger partial charge in [-0.3, -0.25) is 0 Å². The van der Waals surface area contributed by atoms with Crippen molar-refractivity contribution in [1.29, 1.82) is 5.26 Å². The van der Waals surface area contributed by atoms with Gasteiger partial charge in [-0.1, -0.05) is 29.3 Å². The summed E-state index contributed by atoms with van der Waals surface area (Å²) in [6, 6.07) is 11.0. The molecule has 2 nitrogen and oxygen atoms in total. The summed E-state index contributed by atoms with van der Waals surface area (Å²) in [6.45, 7) is -0.0508. The molecule has 0 aliphatic heterocycles. The maximum Gasteiger partial charge on any atom is 0.156 e. The van der Waals surface area contributed by atoms with E-state index in [4.69, 9.17) is 33.2 Å². The van der Waals surface area contributed by atoms with E-state index in [1.807, 2.05) is 6.07 Å². The van der Waals surface area contributed by atoms with Crippen LogP contribution in [0.15, 0.2) is 36.4 Å². The van der Waals surface area contributed by atoms with Crippen LogP contribution in [0, 0.1) is 17.1 Å². The molecule has 0 N–H and O–H groups in total. The average Bonchev–Trinajstić information content (AvgIpc) is 2.40. The lowest BCUT2D eigenvalue weighted by Crippen LogP contribution is -2.00. The second-order valence-electron chi connectivity index (χ2n) is 3.76. The van der Waals surface area contributed by atoms with E-state index in [0.717, 1.165) is 0 Å². The van der Waals surface area contributed by atoms with E-state index in [-0.39, 0.29) is 12.2 Å². The fraction of sp³-hybridized carbons (Fsp3) is 0.0714. The van der Waals surface area contributed by atoms with Crippen LogP contribution < -0.4 is 4.74 Å². The Labute approximate surface area is 119 Å². The molecule has 0 aliphatic carbocycles. The van der Waals surface area contributed by atoms with E-state index >= 15 is 0 Å². The van der Waals surface area contributed by atoms with Crippen LogP contribution in [0.5, 0.6) is 5.75 Å². The molecule has 0 saturated carbocycles. The summed E-state index contributed by atoms with van der Waals surface area (Å²) in [4.78, 5) is 0. The van der Waals surface area contributed by atoms with Crippen molar-refractivity contribution in [3.63, 3.8) is 0 Å². The molecule has 0 bridgehead atoms. The second-order valence-corrected chi connectivity index (χ2v) is 4.57. The monoisotopic (exact) mass is 295 g/mol. The first-order chi connectivity index (χ1) is 9.11. The Morgan fingerprint density at radius 1 is 1.16 bits per heavy atom. The van der Waals surface area contributed by atoms with Gasteiger partial charge >= 0.3 is 0 Å². The zero-order chi connectivity index (χ0) is 13.8. The van der Waals surface area contributed by atoms with Crippen LogP contribution in [0.2, 0.25) is 10.0 Å². The van der Waals surface area contributed by atoms with E-state index < -0.39 is 5.82 Å². The molecule has 5 heteroatoms. The molecule has 0 fully saturated rings. The molecule has 2 aromatic rings. The van der Waals surface area contributed by atoms with Gasteiger partial charge < -0.3 is 4.74 Å². The predicted molar refractivity (Wildman–Crippen MR) is 71.9 cm³/mol. The Morgan fingerprint density at radius 2 is 1.84 bits per heavy atom. The molecule has 19 heavy (non-hydrogen) atoms. The highest BCUT2D eigenvalue weighted by Gasteiger charge is 2.09. The van der Waals surface area contributed by atoms with Gasteiger partial charge in [-0.05, 0) is 30.3 Å². The topological polar surface area (TPSA) is 33.0 Å². The Balaban J connectivity index is 2.22. The average molecular weight is 296 g/mol. The molecule has 0 atom stereocenters. The second kappa shape index (κ2) is 5.92. The number of para-hydroxylation sites is 1. The fourth-order valence-corrected chi connectivity index (χ4v) is 2.03. The lowest BCUT2D eigenvalue weighted by atomic mass is 10.1. The number of hydrogen-bond acceptors (Lipinski definition) is 2. The van der Waals surface area contributed by atoms with E-state index in [1.165, 1.54) is 18.2 Å². The molecule has 0 aliphatic rings. The molecule has 2 rings (SSSR count). The van der Waals surface area contributed by atoms with Crippen molar-refractivity contribution >= 4 is 23.2 Å². The van der Waals surface area contributed by atoms with E-state index in [1.54, 1.807) is 18.2 Å². The molecule has 0 radical (unpaired) electrons. The first-order valence-corrected chi connectivity index (χ1v) is 6.12. The molecular weight excluding hydrogens is 288 g/mol. The standard InChI is InChI=1S/C14H8Cl2FNO/c15-11-2-1-3-12(16)14(11)19-8-10-6-9(7-18)4-5-13(10)17/h1-6H,8H2. The van der Waals surface area contributed by atoms with Crippen LogP contribution in [-0.4, -0.2) is 0 Å². The summed E-state index contributed by atoms with van der Waals surface area (Å²) in [5, 5.41) is 9.47. The third kappa shape index (κ3) is 3.17. The van der Waals surface area contributed by atoms with Crippen molar-refractivity contribution in [2.24, 2.45) is 0 Å².